The fourth-order valence-corrected chi connectivity index (χ4v) is 1.86. The van der Waals surface area contributed by atoms with Gasteiger partial charge in [-0.05, 0) is 24.3 Å². The molecule has 2 amide bonds. The molecule has 118 valence electrons. The predicted octanol–water partition coefficient (Wildman–Crippen LogP) is 2.51. The molecule has 2 N–H and O–H groups in total. The van der Waals surface area contributed by atoms with Crippen LogP contribution in [0.5, 0.6) is 0 Å². The number of nitrogens with one attached hydrogen (secondary N) is 2. The minimum absolute atomic E-state index is 0.495. The highest BCUT2D eigenvalue weighted by Gasteiger charge is 2.25. The van der Waals surface area contributed by atoms with Crippen molar-refractivity contribution in [2.24, 2.45) is 11.1 Å². The van der Waals surface area contributed by atoms with Gasteiger partial charge >= 0.3 is 0 Å². The Morgan fingerprint density at radius 3 is 1.74 bits per heavy atom. The summed E-state index contributed by atoms with van der Waals surface area (Å²) in [7, 11) is 1.35. The monoisotopic (exact) mass is 311 g/mol. The van der Waals surface area contributed by atoms with Crippen LogP contribution in [0, 0.1) is 5.92 Å². The standard InChI is InChI=1S/C17H17N3O3/c1-23-18-12-15(16(21)19-13-8-4-2-5-9-13)17(22)20-14-10-6-3-7-11-14/h2-12,15H,1H3,(H,19,21)(H,20,22). The lowest BCUT2D eigenvalue weighted by Gasteiger charge is -2.13. The molecule has 0 radical (unpaired) electrons. The van der Waals surface area contributed by atoms with Crippen molar-refractivity contribution in [1.82, 2.24) is 0 Å². The van der Waals surface area contributed by atoms with Crippen molar-refractivity contribution >= 4 is 29.4 Å². The van der Waals surface area contributed by atoms with Crippen molar-refractivity contribution in [3.8, 4) is 0 Å². The van der Waals surface area contributed by atoms with Crippen LogP contribution < -0.4 is 10.6 Å². The first-order chi connectivity index (χ1) is 11.2. The van der Waals surface area contributed by atoms with Crippen LogP contribution >= 0.6 is 0 Å². The Balaban J connectivity index is 2.10. The van der Waals surface area contributed by atoms with E-state index in [0.717, 1.165) is 6.21 Å². The van der Waals surface area contributed by atoms with Crippen molar-refractivity contribution in [2.75, 3.05) is 17.7 Å². The SMILES string of the molecule is CON=CC(C(=O)Nc1ccccc1)C(=O)Nc1ccccc1. The third-order valence-electron chi connectivity index (χ3n) is 2.96. The summed E-state index contributed by atoms with van der Waals surface area (Å²) < 4.78 is 0. The summed E-state index contributed by atoms with van der Waals surface area (Å²) in [6, 6.07) is 17.8. The molecule has 0 spiro atoms. The average Bonchev–Trinajstić information content (AvgIpc) is 2.57. The molecule has 0 saturated heterocycles. The Morgan fingerprint density at radius 2 is 1.35 bits per heavy atom. The van der Waals surface area contributed by atoms with E-state index in [2.05, 4.69) is 20.6 Å². The molecule has 0 heterocycles. The molecule has 0 saturated carbocycles. The van der Waals surface area contributed by atoms with Gasteiger partial charge in [0.15, 0.2) is 5.92 Å². The maximum Gasteiger partial charge on any atom is 0.242 e. The van der Waals surface area contributed by atoms with Crippen LogP contribution in [0.2, 0.25) is 0 Å². The van der Waals surface area contributed by atoms with Gasteiger partial charge in [-0.1, -0.05) is 41.6 Å². The fraction of sp³-hybridized carbons (Fsp3) is 0.118. The van der Waals surface area contributed by atoms with Gasteiger partial charge < -0.3 is 15.5 Å². The van der Waals surface area contributed by atoms with Gasteiger partial charge in [-0.2, -0.15) is 0 Å². The van der Waals surface area contributed by atoms with E-state index in [1.165, 1.54) is 7.11 Å². The highest BCUT2D eigenvalue weighted by Crippen LogP contribution is 2.11. The molecule has 6 heteroatoms. The number of carbonyl (C=O) groups excluding carboxylic acids is 2. The van der Waals surface area contributed by atoms with Crippen molar-refractivity contribution in [2.45, 2.75) is 0 Å². The molecular weight excluding hydrogens is 294 g/mol. The molecule has 0 aliphatic carbocycles. The molecule has 2 rings (SSSR count). The molecule has 0 bridgehead atoms. The number of amides is 2. The first-order valence-electron chi connectivity index (χ1n) is 6.99. The Kier molecular flexibility index (Phi) is 5.88. The zero-order valence-corrected chi connectivity index (χ0v) is 12.6. The lowest BCUT2D eigenvalue weighted by molar-refractivity contribution is -0.126. The van der Waals surface area contributed by atoms with E-state index >= 15 is 0 Å². The summed E-state index contributed by atoms with van der Waals surface area (Å²) in [5.41, 5.74) is 1.20. The second-order valence-electron chi connectivity index (χ2n) is 4.63. The minimum Gasteiger partial charge on any atom is -0.399 e. The van der Waals surface area contributed by atoms with Gasteiger partial charge in [0.05, 0.1) is 6.21 Å². The molecule has 0 fully saturated rings. The summed E-state index contributed by atoms with van der Waals surface area (Å²) in [5, 5.41) is 8.89. The molecule has 0 unspecified atom stereocenters. The number of hydrogen-bond donors (Lipinski definition) is 2. The maximum atomic E-state index is 12.3. The molecule has 0 aromatic heterocycles. The van der Waals surface area contributed by atoms with E-state index in [1.54, 1.807) is 48.5 Å². The van der Waals surface area contributed by atoms with E-state index in [9.17, 15) is 9.59 Å². The molecule has 2 aromatic rings. The van der Waals surface area contributed by atoms with Gasteiger partial charge in [0, 0.05) is 11.4 Å². The summed E-state index contributed by atoms with van der Waals surface area (Å²) in [6.07, 6.45) is 1.16. The van der Waals surface area contributed by atoms with Gasteiger partial charge in [-0.15, -0.1) is 0 Å². The number of anilines is 2. The second kappa shape index (κ2) is 8.33. The van der Waals surface area contributed by atoms with Crippen LogP contribution in [-0.4, -0.2) is 25.1 Å². The molecule has 23 heavy (non-hydrogen) atoms. The molecule has 6 nitrogen and oxygen atoms in total. The van der Waals surface area contributed by atoms with Crippen molar-refractivity contribution < 1.29 is 14.4 Å². The number of carbonyl (C=O) groups is 2. The van der Waals surface area contributed by atoms with Crippen LogP contribution in [0.25, 0.3) is 0 Å². The van der Waals surface area contributed by atoms with Crippen LogP contribution in [-0.2, 0) is 14.4 Å². The topological polar surface area (TPSA) is 79.8 Å². The summed E-state index contributed by atoms with van der Waals surface area (Å²) in [6.45, 7) is 0. The molecule has 2 aromatic carbocycles. The lowest BCUT2D eigenvalue weighted by Crippen LogP contribution is -2.35. The van der Waals surface area contributed by atoms with E-state index in [4.69, 9.17) is 0 Å². The van der Waals surface area contributed by atoms with Gasteiger partial charge in [-0.3, -0.25) is 9.59 Å². The third kappa shape index (κ3) is 4.96. The second-order valence-corrected chi connectivity index (χ2v) is 4.63. The maximum absolute atomic E-state index is 12.3. The number of para-hydroxylation sites is 2. The van der Waals surface area contributed by atoms with Crippen molar-refractivity contribution in [3.05, 3.63) is 60.7 Å². The number of nitrogens with zero attached hydrogens (tertiary/aromatic N) is 1. The summed E-state index contributed by atoms with van der Waals surface area (Å²) in [5.74, 6) is -2.11. The number of oxime groups is 1. The van der Waals surface area contributed by atoms with Crippen LogP contribution in [0.3, 0.4) is 0 Å². The zero-order valence-electron chi connectivity index (χ0n) is 12.6. The van der Waals surface area contributed by atoms with E-state index < -0.39 is 17.7 Å². The molecule has 0 atom stereocenters. The Bertz CT molecular complexity index is 618. The van der Waals surface area contributed by atoms with Crippen LogP contribution in [0.15, 0.2) is 65.8 Å². The van der Waals surface area contributed by atoms with Gasteiger partial charge in [0.2, 0.25) is 11.8 Å². The lowest BCUT2D eigenvalue weighted by atomic mass is 10.1. The van der Waals surface area contributed by atoms with Crippen LogP contribution in [0.1, 0.15) is 0 Å². The smallest absolute Gasteiger partial charge is 0.242 e. The van der Waals surface area contributed by atoms with E-state index in [1.807, 2.05) is 12.1 Å². The Morgan fingerprint density at radius 1 is 0.913 bits per heavy atom. The fourth-order valence-electron chi connectivity index (χ4n) is 1.86. The first-order valence-corrected chi connectivity index (χ1v) is 6.99. The van der Waals surface area contributed by atoms with E-state index in [0.29, 0.717) is 11.4 Å². The first kappa shape index (κ1) is 16.2. The number of benzene rings is 2. The average molecular weight is 311 g/mol. The Labute approximate surface area is 134 Å². The summed E-state index contributed by atoms with van der Waals surface area (Å²) >= 11 is 0. The highest BCUT2D eigenvalue weighted by molar-refractivity contribution is 6.20. The molecule has 0 aliphatic heterocycles. The largest absolute Gasteiger partial charge is 0.399 e. The number of hydrogen-bond acceptors (Lipinski definition) is 4. The van der Waals surface area contributed by atoms with Gasteiger partial charge in [-0.25, -0.2) is 0 Å². The normalized spacial score (nSPS) is 10.5. The quantitative estimate of drug-likeness (QED) is 0.489. The predicted molar refractivity (Wildman–Crippen MR) is 89.1 cm³/mol. The summed E-state index contributed by atoms with van der Waals surface area (Å²) in [4.78, 5) is 29.2. The third-order valence-corrected chi connectivity index (χ3v) is 2.96. The zero-order chi connectivity index (χ0) is 16.5. The van der Waals surface area contributed by atoms with Gasteiger partial charge in [0.25, 0.3) is 0 Å². The molecular formula is C17H17N3O3. The molecule has 0 aliphatic rings. The van der Waals surface area contributed by atoms with Gasteiger partial charge in [0.1, 0.15) is 7.11 Å². The van der Waals surface area contributed by atoms with E-state index in [-0.39, 0.29) is 0 Å². The van der Waals surface area contributed by atoms with Crippen molar-refractivity contribution in [3.63, 3.8) is 0 Å². The van der Waals surface area contributed by atoms with Crippen LogP contribution in [0.4, 0.5) is 11.4 Å². The minimum atomic E-state index is -1.12. The Hall–Kier alpha value is -3.15. The van der Waals surface area contributed by atoms with Crippen molar-refractivity contribution in [1.29, 1.82) is 0 Å². The highest BCUT2D eigenvalue weighted by atomic mass is 16.6. The number of rotatable bonds is 6.